The Morgan fingerprint density at radius 1 is 1.35 bits per heavy atom. The number of aliphatic hydroxyl groups excluding tert-OH is 1. The van der Waals surface area contributed by atoms with E-state index >= 15 is 0 Å². The van der Waals surface area contributed by atoms with Gasteiger partial charge in [0, 0.05) is 6.20 Å². The number of nitro groups is 1. The van der Waals surface area contributed by atoms with Crippen LogP contribution in [-0.4, -0.2) is 44.2 Å². The first-order valence-corrected chi connectivity index (χ1v) is 8.30. The number of ether oxygens (including phenoxy) is 1. The zero-order valence-electron chi connectivity index (χ0n) is 14.3. The summed E-state index contributed by atoms with van der Waals surface area (Å²) in [6.45, 7) is 0. The van der Waals surface area contributed by atoms with E-state index in [1.54, 1.807) is 18.3 Å². The molecule has 138 valence electrons. The minimum atomic E-state index is -0.562. The van der Waals surface area contributed by atoms with E-state index in [9.17, 15) is 15.2 Å². The van der Waals surface area contributed by atoms with E-state index in [4.69, 9.17) is 4.74 Å². The maximum atomic E-state index is 11.3. The van der Waals surface area contributed by atoms with Crippen molar-refractivity contribution in [2.45, 2.75) is 37.8 Å². The van der Waals surface area contributed by atoms with E-state index in [-0.39, 0.29) is 23.5 Å². The van der Waals surface area contributed by atoms with Crippen LogP contribution < -0.4 is 15.4 Å². The van der Waals surface area contributed by atoms with Crippen molar-refractivity contribution >= 4 is 23.1 Å². The summed E-state index contributed by atoms with van der Waals surface area (Å²) in [4.78, 5) is 23.0. The number of nitrogens with zero attached hydrogens (tertiary/aromatic N) is 4. The molecule has 0 aromatic carbocycles. The van der Waals surface area contributed by atoms with Crippen molar-refractivity contribution in [2.75, 3.05) is 17.7 Å². The summed E-state index contributed by atoms with van der Waals surface area (Å²) in [5.41, 5.74) is 0.291. The number of hydrogen-bond donors (Lipinski definition) is 3. The lowest BCUT2D eigenvalue weighted by Crippen LogP contribution is -2.36. The first-order chi connectivity index (χ1) is 12.6. The molecule has 0 aliphatic heterocycles. The van der Waals surface area contributed by atoms with E-state index in [1.165, 1.54) is 7.11 Å². The van der Waals surface area contributed by atoms with Crippen LogP contribution in [0.2, 0.25) is 0 Å². The standard InChI is InChI=1S/C16H20N6O4/c1-26-15-11(6-4-8-17-15)20-16-18-9-12(22(24)25)14(21-16)19-10-5-2-3-7-13(10)23/h4,6,8-10,13,23H,2-3,5,7H2,1H3,(H2,18,19,20,21)/t10-,13?/m0/s1. The van der Waals surface area contributed by atoms with E-state index < -0.39 is 11.0 Å². The largest absolute Gasteiger partial charge is 0.480 e. The van der Waals surface area contributed by atoms with Gasteiger partial charge in [0.05, 0.1) is 24.2 Å². The van der Waals surface area contributed by atoms with Crippen molar-refractivity contribution < 1.29 is 14.8 Å². The molecule has 1 saturated carbocycles. The molecule has 2 atom stereocenters. The minimum absolute atomic E-state index is 0.0707. The smallest absolute Gasteiger partial charge is 0.329 e. The molecule has 1 fully saturated rings. The zero-order valence-corrected chi connectivity index (χ0v) is 14.3. The normalized spacial score (nSPS) is 19.6. The van der Waals surface area contributed by atoms with Crippen LogP contribution in [0.25, 0.3) is 0 Å². The molecule has 2 aromatic heterocycles. The highest BCUT2D eigenvalue weighted by Gasteiger charge is 2.27. The Bertz CT molecular complexity index is 787. The van der Waals surface area contributed by atoms with E-state index in [0.717, 1.165) is 25.5 Å². The molecule has 3 rings (SSSR count). The lowest BCUT2D eigenvalue weighted by atomic mass is 9.92. The Kier molecular flexibility index (Phi) is 5.42. The Hall–Kier alpha value is -3.01. The van der Waals surface area contributed by atoms with Crippen LogP contribution in [0.1, 0.15) is 25.7 Å². The molecule has 26 heavy (non-hydrogen) atoms. The predicted molar refractivity (Wildman–Crippen MR) is 94.6 cm³/mol. The van der Waals surface area contributed by atoms with Crippen LogP contribution in [0.4, 0.5) is 23.1 Å². The van der Waals surface area contributed by atoms with Crippen molar-refractivity contribution in [1.29, 1.82) is 0 Å². The van der Waals surface area contributed by atoms with Gasteiger partial charge in [0.15, 0.2) is 0 Å². The summed E-state index contributed by atoms with van der Waals surface area (Å²) in [6.07, 6.45) is 5.43. The fourth-order valence-electron chi connectivity index (χ4n) is 2.90. The summed E-state index contributed by atoms with van der Waals surface area (Å²) < 4.78 is 5.16. The third-order valence-electron chi connectivity index (χ3n) is 4.23. The van der Waals surface area contributed by atoms with E-state index in [2.05, 4.69) is 25.6 Å². The van der Waals surface area contributed by atoms with Crippen LogP contribution in [0, 0.1) is 10.1 Å². The maximum Gasteiger partial charge on any atom is 0.329 e. The lowest BCUT2D eigenvalue weighted by molar-refractivity contribution is -0.384. The molecule has 1 aliphatic rings. The molecule has 1 aliphatic carbocycles. The number of hydrogen-bond acceptors (Lipinski definition) is 9. The molecule has 0 spiro atoms. The number of aromatic nitrogens is 3. The van der Waals surface area contributed by atoms with E-state index in [0.29, 0.717) is 18.0 Å². The zero-order chi connectivity index (χ0) is 18.5. The second-order valence-electron chi connectivity index (χ2n) is 5.97. The Morgan fingerprint density at radius 2 is 2.15 bits per heavy atom. The van der Waals surface area contributed by atoms with Crippen molar-refractivity contribution in [3.05, 3.63) is 34.6 Å². The molecule has 3 N–H and O–H groups in total. The van der Waals surface area contributed by atoms with Crippen LogP contribution in [0.15, 0.2) is 24.5 Å². The van der Waals surface area contributed by atoms with Crippen molar-refractivity contribution in [3.63, 3.8) is 0 Å². The molecule has 0 bridgehead atoms. The van der Waals surface area contributed by atoms with Gasteiger partial charge in [-0.3, -0.25) is 10.1 Å². The number of anilines is 3. The van der Waals surface area contributed by atoms with Crippen LogP contribution in [-0.2, 0) is 0 Å². The Labute approximate surface area is 149 Å². The second-order valence-corrected chi connectivity index (χ2v) is 5.97. The molecule has 1 unspecified atom stereocenters. The fourth-order valence-corrected chi connectivity index (χ4v) is 2.90. The van der Waals surface area contributed by atoms with Gasteiger partial charge in [-0.2, -0.15) is 4.98 Å². The van der Waals surface area contributed by atoms with Gasteiger partial charge in [0.25, 0.3) is 0 Å². The van der Waals surface area contributed by atoms with Gasteiger partial charge in [-0.1, -0.05) is 12.8 Å². The van der Waals surface area contributed by atoms with Gasteiger partial charge >= 0.3 is 5.69 Å². The Morgan fingerprint density at radius 3 is 2.88 bits per heavy atom. The van der Waals surface area contributed by atoms with Gasteiger partial charge < -0.3 is 20.5 Å². The average molecular weight is 360 g/mol. The molecule has 10 nitrogen and oxygen atoms in total. The molecule has 0 saturated heterocycles. The molecule has 0 radical (unpaired) electrons. The molecule has 0 amide bonds. The number of methoxy groups -OCH3 is 1. The van der Waals surface area contributed by atoms with Gasteiger partial charge in [0.2, 0.25) is 17.6 Å². The first kappa shape index (κ1) is 17.8. The first-order valence-electron chi connectivity index (χ1n) is 8.30. The number of rotatable bonds is 6. The molecule has 2 heterocycles. The molecular weight excluding hydrogens is 340 g/mol. The van der Waals surface area contributed by atoms with Crippen molar-refractivity contribution in [1.82, 2.24) is 15.0 Å². The van der Waals surface area contributed by atoms with Crippen molar-refractivity contribution in [2.24, 2.45) is 0 Å². The molecular formula is C16H20N6O4. The predicted octanol–water partition coefficient (Wildman–Crippen LogP) is 2.25. The van der Waals surface area contributed by atoms with Gasteiger partial charge in [-0.05, 0) is 25.0 Å². The van der Waals surface area contributed by atoms with Crippen LogP contribution in [0.5, 0.6) is 5.88 Å². The lowest BCUT2D eigenvalue weighted by Gasteiger charge is -2.28. The number of aliphatic hydroxyl groups is 1. The van der Waals surface area contributed by atoms with Crippen molar-refractivity contribution in [3.8, 4) is 5.88 Å². The SMILES string of the molecule is COc1ncccc1Nc1ncc([N+](=O)[O-])c(N[C@H]2CCCCC2O)n1. The monoisotopic (exact) mass is 360 g/mol. The highest BCUT2D eigenvalue weighted by molar-refractivity contribution is 5.63. The maximum absolute atomic E-state index is 11.3. The minimum Gasteiger partial charge on any atom is -0.480 e. The van der Waals surface area contributed by atoms with Gasteiger partial charge in [0.1, 0.15) is 11.9 Å². The third kappa shape index (κ3) is 3.97. The van der Waals surface area contributed by atoms with Gasteiger partial charge in [-0.25, -0.2) is 9.97 Å². The molecule has 2 aromatic rings. The fraction of sp³-hybridized carbons (Fsp3) is 0.438. The summed E-state index contributed by atoms with van der Waals surface area (Å²) in [6, 6.07) is 3.17. The summed E-state index contributed by atoms with van der Waals surface area (Å²) >= 11 is 0. The third-order valence-corrected chi connectivity index (χ3v) is 4.23. The van der Waals surface area contributed by atoms with Crippen LogP contribution >= 0.6 is 0 Å². The Balaban J connectivity index is 1.87. The molecule has 10 heteroatoms. The quantitative estimate of drug-likeness (QED) is 0.523. The van der Waals surface area contributed by atoms with E-state index in [1.807, 2.05) is 0 Å². The van der Waals surface area contributed by atoms with Crippen LogP contribution in [0.3, 0.4) is 0 Å². The number of nitrogens with one attached hydrogen (secondary N) is 2. The highest BCUT2D eigenvalue weighted by Crippen LogP contribution is 2.29. The summed E-state index contributed by atoms with van der Waals surface area (Å²) in [5, 5.41) is 27.4. The topological polar surface area (TPSA) is 135 Å². The van der Waals surface area contributed by atoms with Gasteiger partial charge in [-0.15, -0.1) is 0 Å². The second kappa shape index (κ2) is 7.91. The average Bonchev–Trinajstić information content (AvgIpc) is 2.64. The summed E-state index contributed by atoms with van der Waals surface area (Å²) in [5.74, 6) is 0.586. The summed E-state index contributed by atoms with van der Waals surface area (Å²) in [7, 11) is 1.49. The number of pyridine rings is 1. The highest BCUT2D eigenvalue weighted by atomic mass is 16.6.